The van der Waals surface area contributed by atoms with Crippen molar-refractivity contribution in [2.75, 3.05) is 26.7 Å². The van der Waals surface area contributed by atoms with Gasteiger partial charge in [-0.2, -0.15) is 0 Å². The minimum absolute atomic E-state index is 0.0364. The molecule has 1 aliphatic heterocycles. The van der Waals surface area contributed by atoms with Gasteiger partial charge in [-0.3, -0.25) is 9.69 Å². The zero-order chi connectivity index (χ0) is 13.2. The molecule has 2 N–H and O–H groups in total. The average Bonchev–Trinajstić information content (AvgIpc) is 2.30. The fourth-order valence-electron chi connectivity index (χ4n) is 2.50. The van der Waals surface area contributed by atoms with Gasteiger partial charge >= 0.3 is 0 Å². The molecule has 4 heteroatoms. The quantitative estimate of drug-likeness (QED) is 0.799. The molecule has 0 aromatic rings. The molecule has 0 saturated carbocycles. The van der Waals surface area contributed by atoms with Crippen molar-refractivity contribution < 1.29 is 4.79 Å². The third-order valence-electron chi connectivity index (χ3n) is 3.66. The summed E-state index contributed by atoms with van der Waals surface area (Å²) in [5.74, 6) is 0.707. The summed E-state index contributed by atoms with van der Waals surface area (Å²) in [6.07, 6.45) is 0.998. The van der Waals surface area contributed by atoms with Crippen LogP contribution in [0.15, 0.2) is 0 Å². The van der Waals surface area contributed by atoms with Gasteiger partial charge in [0.1, 0.15) is 6.04 Å². The lowest BCUT2D eigenvalue weighted by atomic mass is 9.95. The molecular formula is C13H27N3O. The third-order valence-corrected chi connectivity index (χ3v) is 3.66. The molecule has 4 nitrogen and oxygen atoms in total. The van der Waals surface area contributed by atoms with Gasteiger partial charge in [0.15, 0.2) is 0 Å². The van der Waals surface area contributed by atoms with Gasteiger partial charge in [-0.25, -0.2) is 0 Å². The molecule has 17 heavy (non-hydrogen) atoms. The summed E-state index contributed by atoms with van der Waals surface area (Å²) in [6, 6.07) is -0.167. The summed E-state index contributed by atoms with van der Waals surface area (Å²) in [5.41, 5.74) is 5.86. The van der Waals surface area contributed by atoms with Gasteiger partial charge in [-0.05, 0) is 26.2 Å². The molecular weight excluding hydrogens is 214 g/mol. The summed E-state index contributed by atoms with van der Waals surface area (Å²) in [6.45, 7) is 10.9. The Kier molecular flexibility index (Phi) is 4.55. The molecule has 0 aliphatic carbocycles. The van der Waals surface area contributed by atoms with E-state index in [1.165, 1.54) is 0 Å². The number of amides is 1. The second-order valence-corrected chi connectivity index (χ2v) is 6.12. The third kappa shape index (κ3) is 3.19. The highest BCUT2D eigenvalue weighted by atomic mass is 16.2. The standard InChI is InChI=1S/C13H27N3O/c1-10(2)9-16-11(8-14)12(17)15(5)7-6-13(16,3)4/h10-11H,6-9,14H2,1-5H3. The van der Waals surface area contributed by atoms with E-state index in [0.717, 1.165) is 19.5 Å². The normalized spacial score (nSPS) is 26.4. The van der Waals surface area contributed by atoms with Crippen LogP contribution in [-0.2, 0) is 4.79 Å². The Hall–Kier alpha value is -0.610. The van der Waals surface area contributed by atoms with E-state index in [9.17, 15) is 4.79 Å². The highest BCUT2D eigenvalue weighted by Gasteiger charge is 2.40. The van der Waals surface area contributed by atoms with E-state index in [4.69, 9.17) is 5.73 Å². The smallest absolute Gasteiger partial charge is 0.240 e. The summed E-state index contributed by atoms with van der Waals surface area (Å²) < 4.78 is 0. The van der Waals surface area contributed by atoms with Crippen molar-refractivity contribution in [3.05, 3.63) is 0 Å². The van der Waals surface area contributed by atoms with Gasteiger partial charge < -0.3 is 10.6 Å². The lowest BCUT2D eigenvalue weighted by Crippen LogP contribution is -2.56. The summed E-state index contributed by atoms with van der Waals surface area (Å²) in [4.78, 5) is 16.4. The van der Waals surface area contributed by atoms with Crippen LogP contribution >= 0.6 is 0 Å². The minimum atomic E-state index is -0.167. The fraction of sp³-hybridized carbons (Fsp3) is 0.923. The maximum atomic E-state index is 12.3. The number of likely N-dealkylation sites (N-methyl/N-ethyl adjacent to an activating group) is 1. The zero-order valence-corrected chi connectivity index (χ0v) is 11.9. The molecule has 1 rings (SSSR count). The highest BCUT2D eigenvalue weighted by molar-refractivity contribution is 5.82. The van der Waals surface area contributed by atoms with Crippen LogP contribution in [0, 0.1) is 5.92 Å². The van der Waals surface area contributed by atoms with Crippen LogP contribution in [0.3, 0.4) is 0 Å². The minimum Gasteiger partial charge on any atom is -0.344 e. The zero-order valence-electron chi connectivity index (χ0n) is 11.9. The number of nitrogens with two attached hydrogens (primary N) is 1. The first-order valence-electron chi connectivity index (χ1n) is 6.51. The Morgan fingerprint density at radius 3 is 2.53 bits per heavy atom. The van der Waals surface area contributed by atoms with Crippen LogP contribution < -0.4 is 5.73 Å². The first-order chi connectivity index (χ1) is 7.79. The van der Waals surface area contributed by atoms with Gasteiger partial charge in [0.2, 0.25) is 5.91 Å². The molecule has 0 radical (unpaired) electrons. The van der Waals surface area contributed by atoms with Gasteiger partial charge in [0, 0.05) is 32.2 Å². The van der Waals surface area contributed by atoms with Crippen molar-refractivity contribution in [1.82, 2.24) is 9.80 Å². The number of nitrogens with zero attached hydrogens (tertiary/aromatic N) is 2. The first-order valence-corrected chi connectivity index (χ1v) is 6.51. The van der Waals surface area contributed by atoms with Crippen molar-refractivity contribution in [3.8, 4) is 0 Å². The number of rotatable bonds is 3. The maximum absolute atomic E-state index is 12.3. The largest absolute Gasteiger partial charge is 0.344 e. The Labute approximate surface area is 105 Å². The van der Waals surface area contributed by atoms with Crippen LogP contribution in [-0.4, -0.2) is 54.0 Å². The average molecular weight is 241 g/mol. The van der Waals surface area contributed by atoms with Gasteiger partial charge in [-0.1, -0.05) is 13.8 Å². The second-order valence-electron chi connectivity index (χ2n) is 6.12. The van der Waals surface area contributed by atoms with Crippen LogP contribution in [0.25, 0.3) is 0 Å². The summed E-state index contributed by atoms with van der Waals surface area (Å²) in [5, 5.41) is 0. The molecule has 0 bridgehead atoms. The molecule has 1 heterocycles. The van der Waals surface area contributed by atoms with Crippen molar-refractivity contribution in [1.29, 1.82) is 0 Å². The van der Waals surface area contributed by atoms with E-state index < -0.39 is 0 Å². The van der Waals surface area contributed by atoms with Crippen molar-refractivity contribution in [2.24, 2.45) is 11.7 Å². The van der Waals surface area contributed by atoms with Crippen LogP contribution in [0.2, 0.25) is 0 Å². The topological polar surface area (TPSA) is 49.6 Å². The van der Waals surface area contributed by atoms with E-state index >= 15 is 0 Å². The van der Waals surface area contributed by atoms with Crippen molar-refractivity contribution >= 4 is 5.91 Å². The van der Waals surface area contributed by atoms with E-state index in [-0.39, 0.29) is 17.5 Å². The van der Waals surface area contributed by atoms with E-state index in [0.29, 0.717) is 12.5 Å². The fourth-order valence-corrected chi connectivity index (χ4v) is 2.50. The lowest BCUT2D eigenvalue weighted by molar-refractivity contribution is -0.135. The van der Waals surface area contributed by atoms with Crippen LogP contribution in [0.4, 0.5) is 0 Å². The number of carbonyl (C=O) groups excluding carboxylic acids is 1. The summed E-state index contributed by atoms with van der Waals surface area (Å²) >= 11 is 0. The molecule has 1 aliphatic rings. The SMILES string of the molecule is CC(C)CN1C(CN)C(=O)N(C)CCC1(C)C. The Morgan fingerprint density at radius 1 is 1.47 bits per heavy atom. The number of hydrogen-bond acceptors (Lipinski definition) is 3. The summed E-state index contributed by atoms with van der Waals surface area (Å²) in [7, 11) is 1.87. The van der Waals surface area contributed by atoms with Crippen molar-refractivity contribution in [2.45, 2.75) is 45.7 Å². The van der Waals surface area contributed by atoms with E-state index in [2.05, 4.69) is 32.6 Å². The van der Waals surface area contributed by atoms with Crippen LogP contribution in [0.1, 0.15) is 34.1 Å². The molecule has 100 valence electrons. The molecule has 1 unspecified atom stereocenters. The molecule has 0 spiro atoms. The van der Waals surface area contributed by atoms with E-state index in [1.54, 1.807) is 0 Å². The Bertz CT molecular complexity index is 276. The maximum Gasteiger partial charge on any atom is 0.240 e. The molecule has 1 saturated heterocycles. The Balaban J connectivity index is 3.01. The molecule has 0 aromatic carbocycles. The Morgan fingerprint density at radius 2 is 2.06 bits per heavy atom. The number of hydrogen-bond donors (Lipinski definition) is 1. The van der Waals surface area contributed by atoms with Gasteiger partial charge in [0.25, 0.3) is 0 Å². The van der Waals surface area contributed by atoms with Crippen molar-refractivity contribution in [3.63, 3.8) is 0 Å². The van der Waals surface area contributed by atoms with E-state index in [1.807, 2.05) is 11.9 Å². The predicted octanol–water partition coefficient (Wildman–Crippen LogP) is 0.912. The number of carbonyl (C=O) groups is 1. The van der Waals surface area contributed by atoms with Crippen LogP contribution in [0.5, 0.6) is 0 Å². The second kappa shape index (κ2) is 5.36. The predicted molar refractivity (Wildman–Crippen MR) is 70.7 cm³/mol. The molecule has 1 amide bonds. The highest BCUT2D eigenvalue weighted by Crippen LogP contribution is 2.27. The monoisotopic (exact) mass is 241 g/mol. The lowest BCUT2D eigenvalue weighted by Gasteiger charge is -2.41. The first kappa shape index (κ1) is 14.5. The molecule has 1 atom stereocenters. The van der Waals surface area contributed by atoms with Gasteiger partial charge in [-0.15, -0.1) is 0 Å². The molecule has 1 fully saturated rings. The van der Waals surface area contributed by atoms with Gasteiger partial charge in [0.05, 0.1) is 0 Å². The molecule has 0 aromatic heterocycles.